The van der Waals surface area contributed by atoms with E-state index in [9.17, 15) is 13.6 Å². The van der Waals surface area contributed by atoms with E-state index in [2.05, 4.69) is 37.2 Å². The van der Waals surface area contributed by atoms with Crippen LogP contribution < -0.4 is 5.32 Å². The van der Waals surface area contributed by atoms with Crippen LogP contribution in [0.5, 0.6) is 0 Å². The first-order valence-corrected chi connectivity index (χ1v) is 7.68. The van der Waals surface area contributed by atoms with Gasteiger partial charge in [-0.15, -0.1) is 0 Å². The Morgan fingerprint density at radius 3 is 2.14 bits per heavy atom. The van der Waals surface area contributed by atoms with E-state index in [-0.39, 0.29) is 5.56 Å². The first-order valence-electron chi connectivity index (χ1n) is 6.09. The van der Waals surface area contributed by atoms with Crippen LogP contribution in [-0.4, -0.2) is 5.91 Å². The number of hydrogen-bond acceptors (Lipinski definition) is 1. The average Bonchev–Trinajstić information content (AvgIpc) is 2.37. The smallest absolute Gasteiger partial charge is 0.251 e. The second-order valence-corrected chi connectivity index (χ2v) is 6.32. The minimum atomic E-state index is -0.781. The molecule has 2 rings (SSSR count). The molecule has 0 spiro atoms. The summed E-state index contributed by atoms with van der Waals surface area (Å²) in [5.41, 5.74) is 0.236. The van der Waals surface area contributed by atoms with Gasteiger partial charge in [0.15, 0.2) is 0 Å². The molecule has 0 heterocycles. The molecule has 2 aromatic carbocycles. The molecule has 0 aromatic heterocycles. The molecule has 0 aliphatic carbocycles. The third kappa shape index (κ3) is 3.89. The predicted molar refractivity (Wildman–Crippen MR) is 84.1 cm³/mol. The van der Waals surface area contributed by atoms with E-state index < -0.39 is 23.6 Å². The zero-order valence-electron chi connectivity index (χ0n) is 11.0. The Morgan fingerprint density at radius 2 is 1.62 bits per heavy atom. The summed E-state index contributed by atoms with van der Waals surface area (Å²) in [6, 6.07) is 7.88. The normalized spacial score (nSPS) is 12.0. The first kappa shape index (κ1) is 16.1. The Morgan fingerprint density at radius 1 is 1.10 bits per heavy atom. The van der Waals surface area contributed by atoms with Gasteiger partial charge in [0.25, 0.3) is 5.91 Å². The first-order chi connectivity index (χ1) is 9.88. The lowest BCUT2D eigenvalue weighted by Gasteiger charge is -2.16. The largest absolute Gasteiger partial charge is 0.345 e. The van der Waals surface area contributed by atoms with Crippen LogP contribution >= 0.6 is 31.9 Å². The maximum absolute atomic E-state index is 13.7. The van der Waals surface area contributed by atoms with Gasteiger partial charge in [0, 0.05) is 20.1 Å². The van der Waals surface area contributed by atoms with E-state index >= 15 is 0 Å². The average molecular weight is 419 g/mol. The Kier molecular flexibility index (Phi) is 5.11. The maximum atomic E-state index is 13.7. The number of carbonyl (C=O) groups is 1. The van der Waals surface area contributed by atoms with Crippen LogP contribution in [0.15, 0.2) is 45.3 Å². The van der Waals surface area contributed by atoms with Gasteiger partial charge in [-0.2, -0.15) is 0 Å². The summed E-state index contributed by atoms with van der Waals surface area (Å²) in [5, 5.41) is 2.59. The predicted octanol–water partition coefficient (Wildman–Crippen LogP) is 4.98. The molecule has 0 fully saturated rings. The summed E-state index contributed by atoms with van der Waals surface area (Å²) in [6.45, 7) is 1.53. The van der Waals surface area contributed by atoms with Gasteiger partial charge >= 0.3 is 0 Å². The van der Waals surface area contributed by atoms with Crippen molar-refractivity contribution >= 4 is 37.8 Å². The summed E-state index contributed by atoms with van der Waals surface area (Å²) >= 11 is 6.57. The van der Waals surface area contributed by atoms with E-state index in [1.165, 1.54) is 13.0 Å². The van der Waals surface area contributed by atoms with Crippen molar-refractivity contribution in [3.8, 4) is 0 Å². The number of carbonyl (C=O) groups excluding carboxylic acids is 1. The molecule has 110 valence electrons. The van der Waals surface area contributed by atoms with Gasteiger partial charge in [-0.1, -0.05) is 37.9 Å². The van der Waals surface area contributed by atoms with Gasteiger partial charge in [-0.3, -0.25) is 4.79 Å². The Balaban J connectivity index is 2.23. The van der Waals surface area contributed by atoms with Crippen molar-refractivity contribution in [3.05, 3.63) is 68.1 Å². The lowest BCUT2D eigenvalue weighted by atomic mass is 10.1. The van der Waals surface area contributed by atoms with Crippen molar-refractivity contribution in [2.45, 2.75) is 13.0 Å². The molecule has 0 radical (unpaired) electrons. The van der Waals surface area contributed by atoms with Crippen LogP contribution in [0, 0.1) is 11.6 Å². The summed E-state index contributed by atoms with van der Waals surface area (Å²) < 4.78 is 28.8. The Labute approximate surface area is 137 Å². The highest BCUT2D eigenvalue weighted by Gasteiger charge is 2.18. The van der Waals surface area contributed by atoms with Crippen molar-refractivity contribution < 1.29 is 13.6 Å². The monoisotopic (exact) mass is 417 g/mol. The fraction of sp³-hybridized carbons (Fsp3) is 0.133. The molecule has 0 bridgehead atoms. The van der Waals surface area contributed by atoms with Gasteiger partial charge in [0.2, 0.25) is 0 Å². The highest BCUT2D eigenvalue weighted by atomic mass is 79.9. The van der Waals surface area contributed by atoms with Crippen LogP contribution in [0.3, 0.4) is 0 Å². The highest BCUT2D eigenvalue weighted by molar-refractivity contribution is 9.11. The second-order valence-electron chi connectivity index (χ2n) is 4.49. The van der Waals surface area contributed by atoms with Gasteiger partial charge < -0.3 is 5.32 Å². The summed E-state index contributed by atoms with van der Waals surface area (Å²) in [7, 11) is 0. The molecule has 0 saturated carbocycles. The molecule has 0 aliphatic rings. The third-order valence-corrected chi connectivity index (χ3v) is 3.82. The molecule has 2 nitrogen and oxygen atoms in total. The van der Waals surface area contributed by atoms with Crippen LogP contribution in [0.4, 0.5) is 8.78 Å². The molecule has 2 aromatic rings. The number of halogens is 4. The molecule has 1 atom stereocenters. The third-order valence-electron chi connectivity index (χ3n) is 2.91. The number of hydrogen-bond donors (Lipinski definition) is 1. The fourth-order valence-corrected chi connectivity index (χ4v) is 3.26. The van der Waals surface area contributed by atoms with Crippen molar-refractivity contribution in [2.75, 3.05) is 0 Å². The van der Waals surface area contributed by atoms with Crippen molar-refractivity contribution in [1.82, 2.24) is 5.32 Å². The molecule has 6 heteroatoms. The molecule has 0 aliphatic heterocycles. The van der Waals surface area contributed by atoms with E-state index in [1.54, 1.807) is 18.2 Å². The number of benzene rings is 2. The topological polar surface area (TPSA) is 29.1 Å². The zero-order chi connectivity index (χ0) is 15.6. The minimum Gasteiger partial charge on any atom is -0.345 e. The molecule has 0 saturated heterocycles. The molecule has 1 amide bonds. The van der Waals surface area contributed by atoms with Gasteiger partial charge in [0.1, 0.15) is 11.6 Å². The van der Waals surface area contributed by atoms with Gasteiger partial charge in [0.05, 0.1) is 6.04 Å². The van der Waals surface area contributed by atoms with E-state index in [0.717, 1.165) is 21.1 Å². The lowest BCUT2D eigenvalue weighted by Crippen LogP contribution is -2.28. The van der Waals surface area contributed by atoms with E-state index in [4.69, 9.17) is 0 Å². The molecule has 1 unspecified atom stereocenters. The standard InChI is InChI=1S/C15H11Br2F2NO/c1-8(14-12(18)3-2-4-13(14)19)20-15(21)9-5-10(16)7-11(17)6-9/h2-8H,1H3,(H,20,21). The zero-order valence-corrected chi connectivity index (χ0v) is 14.1. The molecule has 21 heavy (non-hydrogen) atoms. The highest BCUT2D eigenvalue weighted by Crippen LogP contribution is 2.23. The van der Waals surface area contributed by atoms with Crippen LogP contribution in [-0.2, 0) is 0 Å². The van der Waals surface area contributed by atoms with Crippen molar-refractivity contribution in [2.24, 2.45) is 0 Å². The summed E-state index contributed by atoms with van der Waals surface area (Å²) in [6.07, 6.45) is 0. The summed E-state index contributed by atoms with van der Waals surface area (Å²) in [5.74, 6) is -1.77. The fourth-order valence-electron chi connectivity index (χ4n) is 1.96. The van der Waals surface area contributed by atoms with E-state index in [1.807, 2.05) is 0 Å². The maximum Gasteiger partial charge on any atom is 0.251 e. The van der Waals surface area contributed by atoms with Gasteiger partial charge in [-0.25, -0.2) is 8.78 Å². The molecular formula is C15H11Br2F2NO. The molecular weight excluding hydrogens is 408 g/mol. The van der Waals surface area contributed by atoms with Crippen molar-refractivity contribution in [3.63, 3.8) is 0 Å². The van der Waals surface area contributed by atoms with Gasteiger partial charge in [-0.05, 0) is 37.3 Å². The van der Waals surface area contributed by atoms with Crippen LogP contribution in [0.2, 0.25) is 0 Å². The second kappa shape index (κ2) is 6.66. The van der Waals surface area contributed by atoms with E-state index in [0.29, 0.717) is 5.56 Å². The number of amides is 1. The number of rotatable bonds is 3. The number of nitrogens with one attached hydrogen (secondary N) is 1. The summed E-state index contributed by atoms with van der Waals surface area (Å²) in [4.78, 5) is 12.2. The van der Waals surface area contributed by atoms with Crippen LogP contribution in [0.25, 0.3) is 0 Å². The van der Waals surface area contributed by atoms with Crippen molar-refractivity contribution in [1.29, 1.82) is 0 Å². The minimum absolute atomic E-state index is 0.153. The quantitative estimate of drug-likeness (QED) is 0.748. The van der Waals surface area contributed by atoms with Crippen LogP contribution in [0.1, 0.15) is 28.9 Å². The SMILES string of the molecule is CC(NC(=O)c1cc(Br)cc(Br)c1)c1c(F)cccc1F. The Hall–Kier alpha value is -1.27. The molecule has 1 N–H and O–H groups in total. The lowest BCUT2D eigenvalue weighted by molar-refractivity contribution is 0.0938. The Bertz CT molecular complexity index is 651.